The van der Waals surface area contributed by atoms with E-state index in [1.165, 1.54) is 38.8 Å². The highest BCUT2D eigenvalue weighted by Crippen LogP contribution is 2.26. The lowest BCUT2D eigenvalue weighted by Gasteiger charge is -2.33. The average Bonchev–Trinajstić information content (AvgIpc) is 2.75. The summed E-state index contributed by atoms with van der Waals surface area (Å²) in [6.07, 6.45) is 7.22. The summed E-state index contributed by atoms with van der Waals surface area (Å²) >= 11 is 0. The third-order valence-corrected chi connectivity index (χ3v) is 4.90. The second-order valence-electron chi connectivity index (χ2n) is 8.29. The van der Waals surface area contributed by atoms with Gasteiger partial charge < -0.3 is 10.2 Å². The Hall–Kier alpha value is -1.69. The first kappa shape index (κ1) is 18.1. The normalized spacial score (nSPS) is 17.2. The van der Waals surface area contributed by atoms with Gasteiger partial charge in [-0.1, -0.05) is 26.7 Å². The number of fused-ring (bicyclic) bond motifs is 1. The van der Waals surface area contributed by atoms with Gasteiger partial charge in [-0.2, -0.15) is 5.10 Å². The molecule has 0 unspecified atom stereocenters. The van der Waals surface area contributed by atoms with E-state index in [2.05, 4.69) is 43.0 Å². The summed E-state index contributed by atoms with van der Waals surface area (Å²) in [4.78, 5) is 12.1. The van der Waals surface area contributed by atoms with Gasteiger partial charge in [0.2, 0.25) is 0 Å². The molecule has 0 atom stereocenters. The Morgan fingerprint density at radius 3 is 2.44 bits per heavy atom. The van der Waals surface area contributed by atoms with Crippen LogP contribution in [0.25, 0.3) is 11.0 Å². The molecule has 138 valence electrons. The summed E-state index contributed by atoms with van der Waals surface area (Å²) in [5.74, 6) is 2.05. The van der Waals surface area contributed by atoms with Crippen molar-refractivity contribution in [1.82, 2.24) is 24.6 Å². The van der Waals surface area contributed by atoms with Crippen LogP contribution in [0, 0.1) is 0 Å². The van der Waals surface area contributed by atoms with Crippen molar-refractivity contribution in [2.75, 3.05) is 25.0 Å². The fourth-order valence-corrected chi connectivity index (χ4v) is 3.61. The van der Waals surface area contributed by atoms with Gasteiger partial charge in [-0.3, -0.25) is 4.68 Å². The molecule has 3 heterocycles. The third kappa shape index (κ3) is 4.29. The van der Waals surface area contributed by atoms with Gasteiger partial charge in [0.15, 0.2) is 5.65 Å². The predicted octanol–water partition coefficient (Wildman–Crippen LogP) is 3.55. The smallest absolute Gasteiger partial charge is 0.163 e. The lowest BCUT2D eigenvalue weighted by atomic mass is 10.0. The second kappa shape index (κ2) is 7.28. The number of aryl methyl sites for hydroxylation is 1. The second-order valence-corrected chi connectivity index (χ2v) is 8.29. The van der Waals surface area contributed by atoms with E-state index in [-0.39, 0.29) is 11.5 Å². The highest BCUT2D eigenvalue weighted by atomic mass is 15.3. The Balaban J connectivity index is 1.85. The molecular weight excluding hydrogens is 312 g/mol. The van der Waals surface area contributed by atoms with Crippen molar-refractivity contribution in [1.29, 1.82) is 0 Å². The van der Waals surface area contributed by atoms with E-state index < -0.39 is 0 Å². The molecule has 0 radical (unpaired) electrons. The predicted molar refractivity (Wildman–Crippen MR) is 103 cm³/mol. The SMILES string of the molecule is CC(C)c1nc(NC(C)(C)CN2CCCCCC2)c2cnn(C)c2n1. The van der Waals surface area contributed by atoms with Crippen molar-refractivity contribution in [3.05, 3.63) is 12.0 Å². The Labute approximate surface area is 151 Å². The summed E-state index contributed by atoms with van der Waals surface area (Å²) in [5, 5.41) is 9.07. The summed E-state index contributed by atoms with van der Waals surface area (Å²) in [6, 6.07) is 0. The Bertz CT molecular complexity index is 710. The largest absolute Gasteiger partial charge is 0.363 e. The van der Waals surface area contributed by atoms with E-state index in [4.69, 9.17) is 9.97 Å². The zero-order valence-electron chi connectivity index (χ0n) is 16.3. The fraction of sp³-hybridized carbons (Fsp3) is 0.737. The molecule has 2 aromatic heterocycles. The van der Waals surface area contributed by atoms with Gasteiger partial charge in [-0.25, -0.2) is 9.97 Å². The number of hydrogen-bond acceptors (Lipinski definition) is 5. The van der Waals surface area contributed by atoms with Crippen molar-refractivity contribution in [2.24, 2.45) is 7.05 Å². The summed E-state index contributed by atoms with van der Waals surface area (Å²) < 4.78 is 1.83. The summed E-state index contributed by atoms with van der Waals surface area (Å²) in [5.41, 5.74) is 0.835. The minimum Gasteiger partial charge on any atom is -0.363 e. The van der Waals surface area contributed by atoms with Crippen molar-refractivity contribution in [3.8, 4) is 0 Å². The molecule has 0 amide bonds. The number of nitrogens with one attached hydrogen (secondary N) is 1. The van der Waals surface area contributed by atoms with Gasteiger partial charge in [-0.05, 0) is 39.8 Å². The van der Waals surface area contributed by atoms with Crippen LogP contribution in [0.1, 0.15) is 65.1 Å². The van der Waals surface area contributed by atoms with E-state index in [1.54, 1.807) is 0 Å². The molecule has 2 aromatic rings. The highest BCUT2D eigenvalue weighted by molar-refractivity contribution is 5.86. The molecule has 1 aliphatic rings. The minimum atomic E-state index is -0.0598. The Morgan fingerprint density at radius 1 is 1.12 bits per heavy atom. The number of rotatable bonds is 5. The standard InChI is InChI=1S/C19H32N6/c1-14(2)16-21-17(15-12-20-24(5)18(15)22-16)23-19(3,4)13-25-10-8-6-7-9-11-25/h12,14H,6-11,13H2,1-5H3,(H,21,22,23). The van der Waals surface area contributed by atoms with E-state index in [0.717, 1.165) is 29.2 Å². The lowest BCUT2D eigenvalue weighted by Crippen LogP contribution is -2.45. The molecule has 1 N–H and O–H groups in total. The van der Waals surface area contributed by atoms with Gasteiger partial charge in [-0.15, -0.1) is 0 Å². The molecule has 0 aliphatic carbocycles. The highest BCUT2D eigenvalue weighted by Gasteiger charge is 2.25. The first-order chi connectivity index (χ1) is 11.9. The minimum absolute atomic E-state index is 0.0598. The summed E-state index contributed by atoms with van der Waals surface area (Å²) in [7, 11) is 1.94. The molecule has 25 heavy (non-hydrogen) atoms. The number of likely N-dealkylation sites (tertiary alicyclic amines) is 1. The van der Waals surface area contributed by atoms with Crippen LogP contribution in [0.15, 0.2) is 6.20 Å². The van der Waals surface area contributed by atoms with Crippen LogP contribution in [-0.4, -0.2) is 49.8 Å². The van der Waals surface area contributed by atoms with Crippen LogP contribution in [0.4, 0.5) is 5.82 Å². The number of hydrogen-bond donors (Lipinski definition) is 1. The lowest BCUT2D eigenvalue weighted by molar-refractivity contribution is 0.243. The molecule has 6 heteroatoms. The van der Waals surface area contributed by atoms with Gasteiger partial charge in [0, 0.05) is 25.0 Å². The molecule has 1 aliphatic heterocycles. The molecule has 6 nitrogen and oxygen atoms in total. The van der Waals surface area contributed by atoms with Crippen LogP contribution in [-0.2, 0) is 7.05 Å². The Kier molecular flexibility index (Phi) is 5.27. The van der Waals surface area contributed by atoms with Crippen molar-refractivity contribution >= 4 is 16.9 Å². The molecule has 3 rings (SSSR count). The van der Waals surface area contributed by atoms with E-state index in [0.29, 0.717) is 0 Å². The van der Waals surface area contributed by atoms with Crippen LogP contribution >= 0.6 is 0 Å². The molecule has 1 saturated heterocycles. The first-order valence-corrected chi connectivity index (χ1v) is 9.56. The average molecular weight is 345 g/mol. The topological polar surface area (TPSA) is 58.9 Å². The maximum absolute atomic E-state index is 4.82. The molecule has 0 aromatic carbocycles. The molecular formula is C19H32N6. The van der Waals surface area contributed by atoms with Crippen molar-refractivity contribution in [3.63, 3.8) is 0 Å². The Morgan fingerprint density at radius 2 is 1.80 bits per heavy atom. The zero-order chi connectivity index (χ0) is 18.0. The van der Waals surface area contributed by atoms with Gasteiger partial charge >= 0.3 is 0 Å². The fourth-order valence-electron chi connectivity index (χ4n) is 3.61. The molecule has 0 bridgehead atoms. The van der Waals surface area contributed by atoms with Crippen LogP contribution in [0.2, 0.25) is 0 Å². The molecule has 0 spiro atoms. The number of anilines is 1. The molecule has 1 fully saturated rings. The summed E-state index contributed by atoms with van der Waals surface area (Å²) in [6.45, 7) is 12.2. The van der Waals surface area contributed by atoms with Crippen molar-refractivity contribution in [2.45, 2.75) is 64.8 Å². The first-order valence-electron chi connectivity index (χ1n) is 9.56. The van der Waals surface area contributed by atoms with Gasteiger partial charge in [0.05, 0.1) is 11.6 Å². The van der Waals surface area contributed by atoms with E-state index >= 15 is 0 Å². The van der Waals surface area contributed by atoms with Gasteiger partial charge in [0.25, 0.3) is 0 Å². The van der Waals surface area contributed by atoms with E-state index in [1.807, 2.05) is 17.9 Å². The monoisotopic (exact) mass is 344 g/mol. The van der Waals surface area contributed by atoms with Gasteiger partial charge in [0.1, 0.15) is 11.6 Å². The van der Waals surface area contributed by atoms with Crippen molar-refractivity contribution < 1.29 is 0 Å². The molecule has 0 saturated carbocycles. The zero-order valence-corrected chi connectivity index (χ0v) is 16.3. The van der Waals surface area contributed by atoms with Crippen LogP contribution < -0.4 is 5.32 Å². The van der Waals surface area contributed by atoms with Crippen LogP contribution in [0.3, 0.4) is 0 Å². The number of nitrogens with zero attached hydrogens (tertiary/aromatic N) is 5. The number of aromatic nitrogens is 4. The van der Waals surface area contributed by atoms with E-state index in [9.17, 15) is 0 Å². The third-order valence-electron chi connectivity index (χ3n) is 4.90. The quantitative estimate of drug-likeness (QED) is 0.899. The maximum Gasteiger partial charge on any atom is 0.163 e. The van der Waals surface area contributed by atoms with Crippen LogP contribution in [0.5, 0.6) is 0 Å². The maximum atomic E-state index is 4.82.